The van der Waals surface area contributed by atoms with Gasteiger partial charge in [-0.25, -0.2) is 18.0 Å². The van der Waals surface area contributed by atoms with Gasteiger partial charge >= 0.3 is 0 Å². The highest BCUT2D eigenvalue weighted by Gasteiger charge is 2.16. The number of benzene rings is 3. The van der Waals surface area contributed by atoms with Crippen LogP contribution >= 0.6 is 15.9 Å². The molecular formula is C34H39BrF3N5O3. The fraction of sp³-hybridized carbons (Fsp3) is 0.412. The number of halogens is 4. The minimum absolute atomic E-state index is 0.186. The van der Waals surface area contributed by atoms with Crippen LogP contribution in [0.1, 0.15) is 30.4 Å². The van der Waals surface area contributed by atoms with Gasteiger partial charge in [0.25, 0.3) is 0 Å². The first-order valence-electron chi connectivity index (χ1n) is 15.1. The lowest BCUT2D eigenvalue weighted by Crippen LogP contribution is -2.36. The molecular weight excluding hydrogens is 663 g/mol. The summed E-state index contributed by atoms with van der Waals surface area (Å²) in [5, 5.41) is 8.36. The first-order chi connectivity index (χ1) is 22.4. The summed E-state index contributed by atoms with van der Waals surface area (Å²) in [5.41, 5.74) is 8.56. The minimum atomic E-state index is -0.348. The smallest absolute Gasteiger partial charge is 0.189 e. The number of hydrogen-bond donors (Lipinski definition) is 1. The molecule has 3 aliphatic rings. The molecule has 0 unspecified atom stereocenters. The third kappa shape index (κ3) is 12.3. The maximum absolute atomic E-state index is 13.6. The average molecular weight is 703 g/mol. The summed E-state index contributed by atoms with van der Waals surface area (Å²) < 4.78 is 55.4. The van der Waals surface area contributed by atoms with Crippen LogP contribution in [0, 0.1) is 35.4 Å². The summed E-state index contributed by atoms with van der Waals surface area (Å²) in [6.45, 7) is 14.7. The zero-order valence-electron chi connectivity index (χ0n) is 25.7. The number of nitrogens with zero attached hydrogens (tertiary/aromatic N) is 4. The van der Waals surface area contributed by atoms with Crippen molar-refractivity contribution in [3.8, 4) is 6.07 Å². The van der Waals surface area contributed by atoms with Crippen LogP contribution in [-0.4, -0.2) is 65.8 Å². The molecule has 0 spiro atoms. The molecule has 0 bridgehead atoms. The Morgan fingerprint density at radius 1 is 0.739 bits per heavy atom. The maximum Gasteiger partial charge on any atom is 0.189 e. The SMILES string of the molecule is C1CCOCC1.N#Cc1ccc(F)c(Br)c1.NCc1ccc(F)c(N2CCOCC2)c1.[C-]#[N+]c1ccc(F)c(N2CCOCC2)c1. The lowest BCUT2D eigenvalue weighted by molar-refractivity contribution is 0.0968. The van der Waals surface area contributed by atoms with Crippen LogP contribution in [0.3, 0.4) is 0 Å². The second kappa shape index (κ2) is 20.5. The van der Waals surface area contributed by atoms with Crippen LogP contribution in [0.15, 0.2) is 59.1 Å². The van der Waals surface area contributed by atoms with Crippen LogP contribution in [0.25, 0.3) is 4.85 Å². The summed E-state index contributed by atoms with van der Waals surface area (Å²) >= 11 is 2.96. The van der Waals surface area contributed by atoms with E-state index in [1.807, 2.05) is 21.9 Å². The third-order valence-electron chi connectivity index (χ3n) is 7.13. The zero-order chi connectivity index (χ0) is 33.1. The summed E-state index contributed by atoms with van der Waals surface area (Å²) in [6.07, 6.45) is 3.93. The lowest BCUT2D eigenvalue weighted by Gasteiger charge is -2.29. The number of nitrogens with two attached hydrogens (primary N) is 1. The Labute approximate surface area is 277 Å². The van der Waals surface area contributed by atoms with Crippen molar-refractivity contribution in [3.05, 3.63) is 99.1 Å². The van der Waals surface area contributed by atoms with E-state index in [4.69, 9.17) is 31.8 Å². The molecule has 3 aromatic rings. The van der Waals surface area contributed by atoms with Gasteiger partial charge in [-0.15, -0.1) is 0 Å². The van der Waals surface area contributed by atoms with E-state index >= 15 is 0 Å². The molecule has 0 amide bonds. The molecule has 12 heteroatoms. The Hall–Kier alpha value is -3.65. The maximum atomic E-state index is 13.6. The fourth-order valence-corrected chi connectivity index (χ4v) is 4.98. The zero-order valence-corrected chi connectivity index (χ0v) is 27.3. The number of rotatable bonds is 3. The predicted octanol–water partition coefficient (Wildman–Crippen LogP) is 6.98. The molecule has 0 radical (unpaired) electrons. The Bertz CT molecular complexity index is 1440. The third-order valence-corrected chi connectivity index (χ3v) is 7.74. The number of hydrogen-bond acceptors (Lipinski definition) is 7. The van der Waals surface area contributed by atoms with E-state index in [0.29, 0.717) is 73.2 Å². The molecule has 3 fully saturated rings. The van der Waals surface area contributed by atoms with Crippen molar-refractivity contribution in [2.75, 3.05) is 75.6 Å². The molecule has 0 atom stereocenters. The Morgan fingerprint density at radius 3 is 1.72 bits per heavy atom. The summed E-state index contributed by atoms with van der Waals surface area (Å²) in [5.74, 6) is -0.808. The van der Waals surface area contributed by atoms with Crippen molar-refractivity contribution in [1.82, 2.24) is 0 Å². The molecule has 0 aliphatic carbocycles. The second-order valence-electron chi connectivity index (χ2n) is 10.3. The highest BCUT2D eigenvalue weighted by molar-refractivity contribution is 9.10. The average Bonchev–Trinajstić information content (AvgIpc) is 3.12. The van der Waals surface area contributed by atoms with Crippen LogP contribution in [-0.2, 0) is 20.8 Å². The van der Waals surface area contributed by atoms with Gasteiger partial charge < -0.3 is 29.7 Å². The number of ether oxygens (including phenoxy) is 3. The monoisotopic (exact) mass is 701 g/mol. The number of anilines is 2. The van der Waals surface area contributed by atoms with Crippen LogP contribution in [0.2, 0.25) is 0 Å². The Balaban J connectivity index is 0.000000175. The van der Waals surface area contributed by atoms with Crippen molar-refractivity contribution >= 4 is 33.0 Å². The normalized spacial score (nSPS) is 15.8. The molecule has 0 aromatic heterocycles. The van der Waals surface area contributed by atoms with E-state index in [1.165, 1.54) is 55.7 Å². The van der Waals surface area contributed by atoms with Crippen LogP contribution < -0.4 is 15.5 Å². The quantitative estimate of drug-likeness (QED) is 0.295. The summed E-state index contributed by atoms with van der Waals surface area (Å²) in [6, 6.07) is 15.5. The number of nitriles is 1. The van der Waals surface area contributed by atoms with E-state index in [0.717, 1.165) is 31.9 Å². The van der Waals surface area contributed by atoms with Crippen molar-refractivity contribution in [1.29, 1.82) is 5.26 Å². The molecule has 3 saturated heterocycles. The van der Waals surface area contributed by atoms with Gasteiger partial charge in [-0.05, 0) is 83.2 Å². The topological polar surface area (TPSA) is 88.3 Å². The fourth-order valence-electron chi connectivity index (χ4n) is 4.60. The first kappa shape index (κ1) is 36.8. The molecule has 46 heavy (non-hydrogen) atoms. The van der Waals surface area contributed by atoms with Crippen LogP contribution in [0.4, 0.5) is 30.2 Å². The Morgan fingerprint density at radius 2 is 1.26 bits per heavy atom. The predicted molar refractivity (Wildman–Crippen MR) is 177 cm³/mol. The van der Waals surface area contributed by atoms with E-state index in [1.54, 1.807) is 12.1 Å². The van der Waals surface area contributed by atoms with E-state index < -0.39 is 0 Å². The largest absolute Gasteiger partial charge is 0.381 e. The highest BCUT2D eigenvalue weighted by Crippen LogP contribution is 2.26. The molecule has 0 saturated carbocycles. The van der Waals surface area contributed by atoms with Crippen molar-refractivity contribution < 1.29 is 27.4 Å². The van der Waals surface area contributed by atoms with Gasteiger partial charge in [-0.2, -0.15) is 5.26 Å². The van der Waals surface area contributed by atoms with Gasteiger partial charge in [-0.1, -0.05) is 12.1 Å². The second-order valence-corrected chi connectivity index (χ2v) is 11.2. The molecule has 3 heterocycles. The van der Waals surface area contributed by atoms with E-state index in [2.05, 4.69) is 20.8 Å². The molecule has 3 aliphatic heterocycles. The molecule has 6 rings (SSSR count). The molecule has 3 aromatic carbocycles. The standard InChI is InChI=1S/C11H11FN2O.C11H15FN2O.C7H3BrFN.C5H10O/c1-13-9-2-3-10(12)11(8-9)14-4-6-15-7-5-14;12-10-2-1-9(8-13)7-11(10)14-3-5-15-6-4-14;8-6-3-5(4-10)1-2-7(6)9;1-2-4-6-5-3-1/h2-3,8H,4-7H2;1-2,7H,3-6,8,13H2;1-3H;1-5H2. The van der Waals surface area contributed by atoms with Crippen molar-refractivity contribution in [3.63, 3.8) is 0 Å². The summed E-state index contributed by atoms with van der Waals surface area (Å²) in [7, 11) is 0. The molecule has 2 N–H and O–H groups in total. The lowest BCUT2D eigenvalue weighted by atomic mass is 10.1. The van der Waals surface area contributed by atoms with Crippen LogP contribution in [0.5, 0.6) is 0 Å². The van der Waals surface area contributed by atoms with Gasteiger partial charge in [0, 0.05) is 45.9 Å². The first-order valence-corrected chi connectivity index (χ1v) is 15.9. The highest BCUT2D eigenvalue weighted by atomic mass is 79.9. The van der Waals surface area contributed by atoms with Gasteiger partial charge in [0.1, 0.15) is 17.5 Å². The van der Waals surface area contributed by atoms with Crippen molar-refractivity contribution in [2.24, 2.45) is 5.73 Å². The van der Waals surface area contributed by atoms with Gasteiger partial charge in [0.2, 0.25) is 0 Å². The van der Waals surface area contributed by atoms with Crippen molar-refractivity contribution in [2.45, 2.75) is 25.8 Å². The van der Waals surface area contributed by atoms with Gasteiger partial charge in [0.15, 0.2) is 5.69 Å². The van der Waals surface area contributed by atoms with Gasteiger partial charge in [-0.3, -0.25) is 0 Å². The molecule has 8 nitrogen and oxygen atoms in total. The minimum Gasteiger partial charge on any atom is -0.381 e. The Kier molecular flexibility index (Phi) is 16.4. The van der Waals surface area contributed by atoms with Gasteiger partial charge in [0.05, 0.1) is 60.5 Å². The molecule has 246 valence electrons. The number of morpholine rings is 2. The van der Waals surface area contributed by atoms with E-state index in [9.17, 15) is 13.2 Å². The summed E-state index contributed by atoms with van der Waals surface area (Å²) in [4.78, 5) is 7.20. The van der Waals surface area contributed by atoms with E-state index in [-0.39, 0.29) is 17.5 Å².